The molecule has 0 heterocycles. The van der Waals surface area contributed by atoms with Crippen LogP contribution in [0.15, 0.2) is 36.0 Å². The van der Waals surface area contributed by atoms with Crippen molar-refractivity contribution in [2.75, 3.05) is 13.1 Å². The molecule has 7 heteroatoms. The SMILES string of the molecule is N#C/C(=C/NCCc1ccccc1Cl)C(=O)NCC(=O)O. The number of rotatable bonds is 7. The molecule has 3 N–H and O–H groups in total. The summed E-state index contributed by atoms with van der Waals surface area (Å²) in [4.78, 5) is 21.8. The first-order valence-corrected chi connectivity index (χ1v) is 6.49. The molecule has 0 aliphatic heterocycles. The molecule has 0 saturated carbocycles. The molecule has 6 nitrogen and oxygen atoms in total. The van der Waals surface area contributed by atoms with Gasteiger partial charge in [0.2, 0.25) is 0 Å². The Morgan fingerprint density at radius 3 is 2.71 bits per heavy atom. The maximum atomic E-state index is 11.5. The monoisotopic (exact) mass is 307 g/mol. The first-order valence-electron chi connectivity index (χ1n) is 6.11. The summed E-state index contributed by atoms with van der Waals surface area (Å²) < 4.78 is 0. The average Bonchev–Trinajstić information content (AvgIpc) is 2.46. The van der Waals surface area contributed by atoms with Gasteiger partial charge in [-0.15, -0.1) is 0 Å². The van der Waals surface area contributed by atoms with Crippen LogP contribution in [0.5, 0.6) is 0 Å². The Kier molecular flexibility index (Phi) is 6.78. The highest BCUT2D eigenvalue weighted by atomic mass is 35.5. The Hall–Kier alpha value is -2.52. The predicted molar refractivity (Wildman–Crippen MR) is 77.5 cm³/mol. The van der Waals surface area contributed by atoms with Gasteiger partial charge < -0.3 is 15.7 Å². The van der Waals surface area contributed by atoms with Crippen molar-refractivity contribution in [3.8, 4) is 6.07 Å². The van der Waals surface area contributed by atoms with E-state index in [2.05, 4.69) is 10.6 Å². The number of carboxylic acid groups (broad SMARTS) is 1. The fourth-order valence-electron chi connectivity index (χ4n) is 1.48. The van der Waals surface area contributed by atoms with Crippen molar-refractivity contribution in [3.05, 3.63) is 46.6 Å². The average molecular weight is 308 g/mol. The molecule has 0 spiro atoms. The van der Waals surface area contributed by atoms with Gasteiger partial charge in [0.1, 0.15) is 18.2 Å². The maximum absolute atomic E-state index is 11.5. The molecule has 0 fully saturated rings. The van der Waals surface area contributed by atoms with E-state index in [1.807, 2.05) is 18.2 Å². The minimum Gasteiger partial charge on any atom is -0.480 e. The van der Waals surface area contributed by atoms with Crippen LogP contribution >= 0.6 is 11.6 Å². The van der Waals surface area contributed by atoms with Crippen LogP contribution in [-0.4, -0.2) is 30.1 Å². The molecule has 110 valence electrons. The lowest BCUT2D eigenvalue weighted by molar-refractivity contribution is -0.137. The van der Waals surface area contributed by atoms with Gasteiger partial charge in [-0.1, -0.05) is 29.8 Å². The van der Waals surface area contributed by atoms with E-state index in [1.165, 1.54) is 6.20 Å². The summed E-state index contributed by atoms with van der Waals surface area (Å²) in [5.41, 5.74) is 0.768. The highest BCUT2D eigenvalue weighted by Crippen LogP contribution is 2.14. The van der Waals surface area contributed by atoms with Crippen molar-refractivity contribution < 1.29 is 14.7 Å². The second-order valence-electron chi connectivity index (χ2n) is 4.04. The lowest BCUT2D eigenvalue weighted by Crippen LogP contribution is -2.30. The summed E-state index contributed by atoms with van der Waals surface area (Å²) in [5, 5.41) is 22.9. The molecule has 0 saturated heterocycles. The Balaban J connectivity index is 2.47. The van der Waals surface area contributed by atoms with Crippen molar-refractivity contribution in [1.29, 1.82) is 5.26 Å². The van der Waals surface area contributed by atoms with Crippen LogP contribution in [0.1, 0.15) is 5.56 Å². The lowest BCUT2D eigenvalue weighted by Gasteiger charge is -2.05. The van der Waals surface area contributed by atoms with E-state index >= 15 is 0 Å². The second kappa shape index (κ2) is 8.61. The number of nitriles is 1. The van der Waals surface area contributed by atoms with Crippen LogP contribution in [0.25, 0.3) is 0 Å². The van der Waals surface area contributed by atoms with Gasteiger partial charge in [0, 0.05) is 17.8 Å². The Morgan fingerprint density at radius 1 is 1.38 bits per heavy atom. The maximum Gasteiger partial charge on any atom is 0.322 e. The summed E-state index contributed by atoms with van der Waals surface area (Å²) in [6.07, 6.45) is 1.89. The Bertz CT molecular complexity index is 593. The zero-order valence-electron chi connectivity index (χ0n) is 11.1. The van der Waals surface area contributed by atoms with E-state index in [0.717, 1.165) is 5.56 Å². The largest absolute Gasteiger partial charge is 0.480 e. The van der Waals surface area contributed by atoms with E-state index < -0.39 is 18.4 Å². The minimum absolute atomic E-state index is 0.185. The molecule has 1 aromatic rings. The summed E-state index contributed by atoms with van der Waals surface area (Å²) in [7, 11) is 0. The molecule has 0 aliphatic rings. The number of benzene rings is 1. The zero-order chi connectivity index (χ0) is 15.7. The second-order valence-corrected chi connectivity index (χ2v) is 4.45. The number of aliphatic carboxylic acids is 1. The summed E-state index contributed by atoms with van der Waals surface area (Å²) in [6.45, 7) is -0.0431. The highest BCUT2D eigenvalue weighted by Gasteiger charge is 2.09. The number of carbonyl (C=O) groups is 2. The Labute approximate surface area is 127 Å². The molecule has 1 rings (SSSR count). The van der Waals surface area contributed by atoms with Crippen molar-refractivity contribution in [3.63, 3.8) is 0 Å². The van der Waals surface area contributed by atoms with E-state index in [4.69, 9.17) is 22.0 Å². The highest BCUT2D eigenvalue weighted by molar-refractivity contribution is 6.31. The fourth-order valence-corrected chi connectivity index (χ4v) is 1.71. The topological polar surface area (TPSA) is 102 Å². The first kappa shape index (κ1) is 16.5. The van der Waals surface area contributed by atoms with Crippen LogP contribution in [0, 0.1) is 11.3 Å². The van der Waals surface area contributed by atoms with Gasteiger partial charge >= 0.3 is 5.97 Å². The van der Waals surface area contributed by atoms with Crippen LogP contribution in [0.2, 0.25) is 5.02 Å². The molecular formula is C14H14ClN3O3. The van der Waals surface area contributed by atoms with Gasteiger partial charge in [0.15, 0.2) is 0 Å². The van der Waals surface area contributed by atoms with Gasteiger partial charge in [-0.3, -0.25) is 9.59 Å². The number of nitrogens with one attached hydrogen (secondary N) is 2. The normalized spacial score (nSPS) is 10.6. The molecular weight excluding hydrogens is 294 g/mol. The number of carboxylic acids is 1. The van der Waals surface area contributed by atoms with Gasteiger partial charge in [0.25, 0.3) is 5.91 Å². The van der Waals surface area contributed by atoms with E-state index in [-0.39, 0.29) is 5.57 Å². The third-order valence-corrected chi connectivity index (χ3v) is 2.88. The lowest BCUT2D eigenvalue weighted by atomic mass is 10.1. The van der Waals surface area contributed by atoms with E-state index in [0.29, 0.717) is 18.0 Å². The standard InChI is InChI=1S/C14H14ClN3O3/c15-12-4-2-1-3-10(12)5-6-17-8-11(7-16)14(21)18-9-13(19)20/h1-4,8,17H,5-6,9H2,(H,18,21)(H,19,20)/b11-8-. The summed E-state index contributed by atoms with van der Waals surface area (Å²) in [5.74, 6) is -1.91. The number of nitrogens with zero attached hydrogens (tertiary/aromatic N) is 1. The van der Waals surface area contributed by atoms with Gasteiger partial charge in [-0.2, -0.15) is 5.26 Å². The quantitative estimate of drug-likeness (QED) is 0.397. The van der Waals surface area contributed by atoms with Crippen molar-refractivity contribution in [2.45, 2.75) is 6.42 Å². The summed E-state index contributed by atoms with van der Waals surface area (Å²) in [6, 6.07) is 9.08. The van der Waals surface area contributed by atoms with E-state index in [1.54, 1.807) is 12.1 Å². The minimum atomic E-state index is -1.17. The van der Waals surface area contributed by atoms with Gasteiger partial charge in [-0.25, -0.2) is 0 Å². The molecule has 0 unspecified atom stereocenters. The van der Waals surface area contributed by atoms with Crippen LogP contribution in [0.3, 0.4) is 0 Å². The predicted octanol–water partition coefficient (Wildman–Crippen LogP) is 1.08. The first-order chi connectivity index (χ1) is 10.0. The third-order valence-electron chi connectivity index (χ3n) is 2.51. The van der Waals surface area contributed by atoms with Crippen molar-refractivity contribution in [1.82, 2.24) is 10.6 Å². The number of hydrogen-bond acceptors (Lipinski definition) is 4. The van der Waals surface area contributed by atoms with Gasteiger partial charge in [0.05, 0.1) is 0 Å². The van der Waals surface area contributed by atoms with Crippen LogP contribution in [-0.2, 0) is 16.0 Å². The summed E-state index contributed by atoms with van der Waals surface area (Å²) >= 11 is 6.00. The molecule has 0 atom stereocenters. The molecule has 0 aromatic heterocycles. The van der Waals surface area contributed by atoms with Crippen LogP contribution < -0.4 is 10.6 Å². The molecule has 1 aromatic carbocycles. The number of amides is 1. The van der Waals surface area contributed by atoms with Crippen molar-refractivity contribution in [2.24, 2.45) is 0 Å². The molecule has 1 amide bonds. The number of halogens is 1. The molecule has 0 radical (unpaired) electrons. The van der Waals surface area contributed by atoms with Crippen LogP contribution in [0.4, 0.5) is 0 Å². The van der Waals surface area contributed by atoms with Gasteiger partial charge in [-0.05, 0) is 18.1 Å². The molecule has 21 heavy (non-hydrogen) atoms. The molecule has 0 aliphatic carbocycles. The zero-order valence-corrected chi connectivity index (χ0v) is 11.9. The molecule has 0 bridgehead atoms. The van der Waals surface area contributed by atoms with E-state index in [9.17, 15) is 9.59 Å². The number of hydrogen-bond donors (Lipinski definition) is 3. The smallest absolute Gasteiger partial charge is 0.322 e. The third kappa shape index (κ3) is 5.97. The Morgan fingerprint density at radius 2 is 2.10 bits per heavy atom. The fraction of sp³-hybridized carbons (Fsp3) is 0.214. The number of carbonyl (C=O) groups excluding carboxylic acids is 1. The van der Waals surface area contributed by atoms with Crippen molar-refractivity contribution >= 4 is 23.5 Å².